The first-order chi connectivity index (χ1) is 49.2. The number of halogens is 6. The number of hydrogen-bond acceptors (Lipinski definition) is 18. The van der Waals surface area contributed by atoms with Gasteiger partial charge in [0.15, 0.2) is 0 Å². The Kier molecular flexibility index (Phi) is 21.2. The third kappa shape index (κ3) is 15.4. The van der Waals surface area contributed by atoms with Gasteiger partial charge >= 0.3 is 0 Å². The lowest BCUT2D eigenvalue weighted by atomic mass is 10.0. The Labute approximate surface area is 587 Å². The zero-order chi connectivity index (χ0) is 71.5. The molecule has 6 fully saturated rings. The van der Waals surface area contributed by atoms with E-state index >= 15 is 0 Å². The maximum atomic E-state index is 14.0. The molecule has 15 rings (SSSR count). The zero-order valence-corrected chi connectivity index (χ0v) is 57.9. The van der Waals surface area contributed by atoms with Gasteiger partial charge in [-0.2, -0.15) is 0 Å². The molecule has 534 valence electrons. The van der Waals surface area contributed by atoms with E-state index in [4.69, 9.17) is 29.2 Å². The Hall–Kier alpha value is -9.99. The molecule has 0 saturated carbocycles. The average molecular weight is 1400 g/mol. The third-order valence-corrected chi connectivity index (χ3v) is 19.3. The van der Waals surface area contributed by atoms with Crippen LogP contribution in [0.2, 0.25) is 0 Å². The predicted octanol–water partition coefficient (Wildman–Crippen LogP) is 11.4. The number of rotatable bonds is 12. The molecular weight excluding hydrogens is 1320 g/mol. The molecule has 0 aliphatic carbocycles. The lowest BCUT2D eigenvalue weighted by Crippen LogP contribution is -2.36. The number of nitrogens with zero attached hydrogens (tertiary/aromatic N) is 15. The summed E-state index contributed by atoms with van der Waals surface area (Å²) in [6.45, 7) is 10.2. The van der Waals surface area contributed by atoms with Crippen molar-refractivity contribution < 1.29 is 54.9 Å². The van der Waals surface area contributed by atoms with E-state index in [1.54, 1.807) is 79.1 Å². The van der Waals surface area contributed by atoms with E-state index < -0.39 is 34.9 Å². The van der Waals surface area contributed by atoms with Crippen LogP contribution in [0, 0.1) is 34.9 Å². The molecule has 6 aliphatic heterocycles. The van der Waals surface area contributed by atoms with Crippen LogP contribution in [0.1, 0.15) is 104 Å². The van der Waals surface area contributed by atoms with E-state index in [0.29, 0.717) is 126 Å². The number of morpholine rings is 3. The summed E-state index contributed by atoms with van der Waals surface area (Å²) in [5.74, 6) is -1.79. The molecular formula is C75H81F6N15O6. The summed E-state index contributed by atoms with van der Waals surface area (Å²) in [5.41, 5.74) is 9.29. The molecule has 6 aliphatic rings. The lowest BCUT2D eigenvalue weighted by Gasteiger charge is -2.30. The van der Waals surface area contributed by atoms with Crippen LogP contribution in [-0.2, 0) is 14.2 Å². The standard InChI is InChI=1S/3C25H27F2N5O2/c3*1-30(2)25(33)17-12-20-24(29-23(15-28-20)31-6-8-34-9-7-31)22(13-17)32-5-3-4-21(32)16-10-18(26)14-19(27)11-16/h3*10-15,21H,3-9H2,1-2H3. The maximum absolute atomic E-state index is 14.0. The number of hydrogen-bond donors (Lipinski definition) is 0. The molecule has 3 atom stereocenters. The summed E-state index contributed by atoms with van der Waals surface area (Å²) in [6.07, 6.45) is 9.97. The van der Waals surface area contributed by atoms with Crippen molar-refractivity contribution >= 4 is 85.3 Å². The first-order valence-corrected chi connectivity index (χ1v) is 34.4. The summed E-state index contributed by atoms with van der Waals surface area (Å²) in [7, 11) is 10.2. The number of amides is 3. The van der Waals surface area contributed by atoms with Crippen molar-refractivity contribution in [1.82, 2.24) is 44.6 Å². The van der Waals surface area contributed by atoms with Crippen LogP contribution in [0.15, 0.2) is 110 Å². The van der Waals surface area contributed by atoms with Crippen LogP contribution in [0.4, 0.5) is 60.9 Å². The fourth-order valence-corrected chi connectivity index (χ4v) is 14.4. The second-order valence-corrected chi connectivity index (χ2v) is 26.8. The fraction of sp³-hybridized carbons (Fsp3) is 0.400. The molecule has 21 nitrogen and oxygen atoms in total. The van der Waals surface area contributed by atoms with Crippen LogP contribution >= 0.6 is 0 Å². The maximum Gasteiger partial charge on any atom is 0.253 e. The van der Waals surface area contributed by atoms with Crippen molar-refractivity contribution in [3.8, 4) is 0 Å². The topological polar surface area (TPSA) is 185 Å². The van der Waals surface area contributed by atoms with Gasteiger partial charge in [0, 0.05) is 136 Å². The number of carbonyl (C=O) groups excluding carboxylic acids is 3. The van der Waals surface area contributed by atoms with E-state index in [1.807, 2.05) is 18.2 Å². The number of fused-ring (bicyclic) bond motifs is 3. The van der Waals surface area contributed by atoms with Crippen molar-refractivity contribution in [2.45, 2.75) is 56.7 Å². The third-order valence-electron chi connectivity index (χ3n) is 19.3. The molecule has 6 aromatic carbocycles. The van der Waals surface area contributed by atoms with Crippen LogP contribution < -0.4 is 29.4 Å². The molecule has 0 spiro atoms. The Balaban J connectivity index is 0.000000137. The quantitative estimate of drug-likeness (QED) is 0.105. The highest BCUT2D eigenvalue weighted by atomic mass is 19.2. The molecule has 9 aromatic rings. The molecule has 0 N–H and O–H groups in total. The molecule has 102 heavy (non-hydrogen) atoms. The minimum atomic E-state index is -0.599. The molecule has 3 unspecified atom stereocenters. The van der Waals surface area contributed by atoms with E-state index in [0.717, 1.165) is 131 Å². The summed E-state index contributed by atoms with van der Waals surface area (Å²) in [6, 6.07) is 21.0. The second kappa shape index (κ2) is 30.7. The van der Waals surface area contributed by atoms with Crippen molar-refractivity contribution in [2.24, 2.45) is 0 Å². The number of anilines is 6. The fourth-order valence-electron chi connectivity index (χ4n) is 14.4. The smallest absolute Gasteiger partial charge is 0.253 e. The van der Waals surface area contributed by atoms with Crippen LogP contribution in [0.3, 0.4) is 0 Å². The van der Waals surface area contributed by atoms with Gasteiger partial charge in [-0.05, 0) is 128 Å². The summed E-state index contributed by atoms with van der Waals surface area (Å²) in [4.78, 5) is 84.6. The average Bonchev–Trinajstić information content (AvgIpc) is 1.26. The van der Waals surface area contributed by atoms with E-state index in [-0.39, 0.29) is 35.8 Å². The summed E-state index contributed by atoms with van der Waals surface area (Å²) < 4.78 is 101. The first-order valence-electron chi connectivity index (χ1n) is 34.4. The van der Waals surface area contributed by atoms with Gasteiger partial charge in [0.25, 0.3) is 17.7 Å². The highest BCUT2D eigenvalue weighted by molar-refractivity contribution is 6.04. The number of ether oxygens (including phenoxy) is 3. The summed E-state index contributed by atoms with van der Waals surface area (Å²) in [5, 5.41) is 0. The van der Waals surface area contributed by atoms with Crippen LogP contribution in [-0.4, -0.2) is 203 Å². The van der Waals surface area contributed by atoms with E-state index in [1.165, 1.54) is 51.1 Å². The number of carbonyl (C=O) groups is 3. The van der Waals surface area contributed by atoms with Crippen molar-refractivity contribution in [1.29, 1.82) is 0 Å². The monoisotopic (exact) mass is 1400 g/mol. The van der Waals surface area contributed by atoms with Gasteiger partial charge in [0.1, 0.15) is 68.9 Å². The molecule has 0 bridgehead atoms. The Bertz CT molecular complexity index is 4080. The lowest BCUT2D eigenvalue weighted by molar-refractivity contribution is 0.0820. The van der Waals surface area contributed by atoms with Crippen molar-refractivity contribution in [2.75, 3.05) is 170 Å². The van der Waals surface area contributed by atoms with Gasteiger partial charge in [-0.15, -0.1) is 0 Å². The normalized spacial score (nSPS) is 18.5. The Morgan fingerprint density at radius 3 is 0.833 bits per heavy atom. The first kappa shape index (κ1) is 70.4. The van der Waals surface area contributed by atoms with Gasteiger partial charge < -0.3 is 58.3 Å². The van der Waals surface area contributed by atoms with E-state index in [9.17, 15) is 40.7 Å². The number of benzene rings is 6. The molecule has 9 heterocycles. The minimum Gasteiger partial charge on any atom is -0.378 e. The minimum absolute atomic E-state index is 0.144. The molecule has 6 saturated heterocycles. The number of aromatic nitrogens is 6. The van der Waals surface area contributed by atoms with Crippen LogP contribution in [0.5, 0.6) is 0 Å². The Morgan fingerprint density at radius 1 is 0.353 bits per heavy atom. The van der Waals surface area contributed by atoms with Gasteiger partial charge in [0.2, 0.25) is 0 Å². The zero-order valence-electron chi connectivity index (χ0n) is 57.9. The molecule has 3 amide bonds. The van der Waals surface area contributed by atoms with Gasteiger partial charge in [-0.1, -0.05) is 0 Å². The second-order valence-electron chi connectivity index (χ2n) is 26.8. The molecule has 3 aromatic heterocycles. The summed E-state index contributed by atoms with van der Waals surface area (Å²) >= 11 is 0. The van der Waals surface area contributed by atoms with Crippen molar-refractivity contribution in [3.05, 3.63) is 178 Å². The highest BCUT2D eigenvalue weighted by Crippen LogP contribution is 2.44. The van der Waals surface area contributed by atoms with Gasteiger partial charge in [-0.3, -0.25) is 29.3 Å². The van der Waals surface area contributed by atoms with Gasteiger partial charge in [-0.25, -0.2) is 41.3 Å². The SMILES string of the molecule is CN(C)C(=O)c1cc(N2CCCC2c2cc(F)cc(F)c2)c2nc(N3CCOCC3)cnc2c1.CN(C)C(=O)c1cc(N2CCCC2c2cc(F)cc(F)c2)c2nc(N3CCOCC3)cnc2c1.CN(C)C(=O)c1cc(N2CCCC2c2cc(F)cc(F)c2)c2nc(N3CCOCC3)cnc2c1. The van der Waals surface area contributed by atoms with Crippen molar-refractivity contribution in [3.63, 3.8) is 0 Å². The predicted molar refractivity (Wildman–Crippen MR) is 379 cm³/mol. The molecule has 27 heteroatoms. The largest absolute Gasteiger partial charge is 0.378 e. The molecule has 0 radical (unpaired) electrons. The highest BCUT2D eigenvalue weighted by Gasteiger charge is 2.35. The Morgan fingerprint density at radius 2 is 0.598 bits per heavy atom. The van der Waals surface area contributed by atoms with E-state index in [2.05, 4.69) is 44.4 Å². The van der Waals surface area contributed by atoms with Gasteiger partial charge in [0.05, 0.1) is 110 Å². The van der Waals surface area contributed by atoms with Crippen LogP contribution in [0.25, 0.3) is 33.1 Å².